The number of imide groups is 1. The molecule has 0 bridgehead atoms. The summed E-state index contributed by atoms with van der Waals surface area (Å²) in [5, 5.41) is 2.60. The molecule has 0 spiro atoms. The molecule has 15 heavy (non-hydrogen) atoms. The standard InChI is InChI=1S/C9H12N2O3S/c12-7(10-4-6-15)3-5-11-8(13)1-2-9(11)14/h1-2,15H,3-6H2,(H,10,12). The number of nitrogens with one attached hydrogen (secondary N) is 1. The summed E-state index contributed by atoms with van der Waals surface area (Å²) in [6.07, 6.45) is 2.54. The van der Waals surface area contributed by atoms with Gasteiger partial charge in [-0.05, 0) is 0 Å². The summed E-state index contributed by atoms with van der Waals surface area (Å²) in [6.45, 7) is 0.616. The largest absolute Gasteiger partial charge is 0.355 e. The second kappa shape index (κ2) is 5.55. The van der Waals surface area contributed by atoms with Gasteiger partial charge in [0.25, 0.3) is 11.8 Å². The highest BCUT2D eigenvalue weighted by molar-refractivity contribution is 7.80. The molecule has 82 valence electrons. The molecule has 1 aliphatic rings. The van der Waals surface area contributed by atoms with E-state index in [4.69, 9.17) is 0 Å². The summed E-state index contributed by atoms with van der Waals surface area (Å²) in [5.41, 5.74) is 0. The minimum atomic E-state index is -0.359. The molecule has 0 aromatic heterocycles. The van der Waals surface area contributed by atoms with E-state index in [0.717, 1.165) is 4.90 Å². The van der Waals surface area contributed by atoms with Crippen molar-refractivity contribution >= 4 is 30.4 Å². The molecular weight excluding hydrogens is 216 g/mol. The van der Waals surface area contributed by atoms with Gasteiger partial charge in [0.2, 0.25) is 5.91 Å². The third-order valence-electron chi connectivity index (χ3n) is 1.90. The van der Waals surface area contributed by atoms with E-state index in [1.807, 2.05) is 0 Å². The van der Waals surface area contributed by atoms with Gasteiger partial charge < -0.3 is 5.32 Å². The van der Waals surface area contributed by atoms with Crippen LogP contribution >= 0.6 is 12.6 Å². The molecular formula is C9H12N2O3S. The van der Waals surface area contributed by atoms with Crippen LogP contribution in [0.1, 0.15) is 6.42 Å². The predicted molar refractivity (Wildman–Crippen MR) is 57.3 cm³/mol. The lowest BCUT2D eigenvalue weighted by molar-refractivity contribution is -0.137. The van der Waals surface area contributed by atoms with Crippen LogP contribution in [-0.2, 0) is 14.4 Å². The molecule has 1 rings (SSSR count). The Hall–Kier alpha value is -1.30. The van der Waals surface area contributed by atoms with Crippen molar-refractivity contribution in [3.63, 3.8) is 0 Å². The molecule has 0 radical (unpaired) electrons. The summed E-state index contributed by atoms with van der Waals surface area (Å²) in [7, 11) is 0. The van der Waals surface area contributed by atoms with Crippen molar-refractivity contribution in [2.75, 3.05) is 18.8 Å². The van der Waals surface area contributed by atoms with Gasteiger partial charge in [-0.1, -0.05) is 0 Å². The first-order valence-electron chi connectivity index (χ1n) is 4.56. The smallest absolute Gasteiger partial charge is 0.253 e. The van der Waals surface area contributed by atoms with Gasteiger partial charge in [0, 0.05) is 37.4 Å². The van der Waals surface area contributed by atoms with Crippen molar-refractivity contribution < 1.29 is 14.4 Å². The molecule has 0 aromatic carbocycles. The molecule has 3 amide bonds. The number of hydrogen-bond acceptors (Lipinski definition) is 4. The highest BCUT2D eigenvalue weighted by Crippen LogP contribution is 2.03. The average Bonchev–Trinajstić information content (AvgIpc) is 2.53. The fraction of sp³-hybridized carbons (Fsp3) is 0.444. The fourth-order valence-corrected chi connectivity index (χ4v) is 1.26. The van der Waals surface area contributed by atoms with Crippen LogP contribution < -0.4 is 5.32 Å². The first kappa shape index (κ1) is 11.8. The third-order valence-corrected chi connectivity index (χ3v) is 2.12. The van der Waals surface area contributed by atoms with Crippen LogP contribution in [0.4, 0.5) is 0 Å². The highest BCUT2D eigenvalue weighted by atomic mass is 32.1. The third kappa shape index (κ3) is 3.39. The molecule has 1 aliphatic heterocycles. The van der Waals surface area contributed by atoms with Gasteiger partial charge in [-0.25, -0.2) is 0 Å². The summed E-state index contributed by atoms with van der Waals surface area (Å²) in [4.78, 5) is 34.4. The van der Waals surface area contributed by atoms with Crippen LogP contribution in [-0.4, -0.2) is 41.5 Å². The molecule has 1 heterocycles. The van der Waals surface area contributed by atoms with Crippen LogP contribution in [0.5, 0.6) is 0 Å². The second-order valence-electron chi connectivity index (χ2n) is 2.99. The molecule has 1 N–H and O–H groups in total. The first-order valence-corrected chi connectivity index (χ1v) is 5.19. The molecule has 5 nitrogen and oxygen atoms in total. The van der Waals surface area contributed by atoms with E-state index in [2.05, 4.69) is 17.9 Å². The summed E-state index contributed by atoms with van der Waals surface area (Å²) in [6, 6.07) is 0. The van der Waals surface area contributed by atoms with Gasteiger partial charge in [0.15, 0.2) is 0 Å². The van der Waals surface area contributed by atoms with Crippen LogP contribution in [0.2, 0.25) is 0 Å². The summed E-state index contributed by atoms with van der Waals surface area (Å²) in [5.74, 6) is -0.338. The van der Waals surface area contributed by atoms with E-state index in [0.29, 0.717) is 12.3 Å². The first-order chi connectivity index (χ1) is 7.15. The minimum Gasteiger partial charge on any atom is -0.355 e. The van der Waals surface area contributed by atoms with E-state index in [-0.39, 0.29) is 30.7 Å². The van der Waals surface area contributed by atoms with Gasteiger partial charge in [0.1, 0.15) is 0 Å². The number of thiol groups is 1. The molecule has 0 atom stereocenters. The zero-order valence-electron chi connectivity index (χ0n) is 8.10. The number of rotatable bonds is 5. The summed E-state index contributed by atoms with van der Waals surface area (Å²) >= 11 is 3.94. The molecule has 0 saturated heterocycles. The minimum absolute atomic E-state index is 0.128. The Labute approximate surface area is 92.9 Å². The quantitative estimate of drug-likeness (QED) is 0.485. The van der Waals surface area contributed by atoms with Crippen molar-refractivity contribution in [2.24, 2.45) is 0 Å². The summed E-state index contributed by atoms with van der Waals surface area (Å²) < 4.78 is 0. The number of hydrogen-bond donors (Lipinski definition) is 2. The van der Waals surface area contributed by atoms with Gasteiger partial charge in [0.05, 0.1) is 0 Å². The Balaban J connectivity index is 2.28. The Kier molecular flexibility index (Phi) is 4.36. The number of carbonyl (C=O) groups is 3. The van der Waals surface area contributed by atoms with Crippen molar-refractivity contribution in [3.05, 3.63) is 12.2 Å². The maximum atomic E-state index is 11.2. The van der Waals surface area contributed by atoms with Crippen LogP contribution in [0.25, 0.3) is 0 Å². The van der Waals surface area contributed by atoms with Gasteiger partial charge in [-0.2, -0.15) is 12.6 Å². The number of carbonyl (C=O) groups excluding carboxylic acids is 3. The van der Waals surface area contributed by atoms with Crippen LogP contribution in [0.3, 0.4) is 0 Å². The Morgan fingerprint density at radius 3 is 2.47 bits per heavy atom. The lowest BCUT2D eigenvalue weighted by Crippen LogP contribution is -2.35. The molecule has 0 saturated carbocycles. The SMILES string of the molecule is O=C(CCN1C(=O)C=CC1=O)NCCS. The van der Waals surface area contributed by atoms with Gasteiger partial charge in [-0.15, -0.1) is 0 Å². The molecule has 0 aromatic rings. The zero-order valence-corrected chi connectivity index (χ0v) is 9.00. The van der Waals surface area contributed by atoms with E-state index in [9.17, 15) is 14.4 Å². The van der Waals surface area contributed by atoms with E-state index in [1.54, 1.807) is 0 Å². The molecule has 6 heteroatoms. The van der Waals surface area contributed by atoms with Crippen molar-refractivity contribution in [1.29, 1.82) is 0 Å². The molecule has 0 aliphatic carbocycles. The fourth-order valence-electron chi connectivity index (χ4n) is 1.15. The number of nitrogens with zero attached hydrogens (tertiary/aromatic N) is 1. The second-order valence-corrected chi connectivity index (χ2v) is 3.43. The maximum absolute atomic E-state index is 11.2. The van der Waals surface area contributed by atoms with E-state index >= 15 is 0 Å². The Bertz CT molecular complexity index is 296. The maximum Gasteiger partial charge on any atom is 0.253 e. The topological polar surface area (TPSA) is 66.5 Å². The highest BCUT2D eigenvalue weighted by Gasteiger charge is 2.23. The van der Waals surface area contributed by atoms with Crippen molar-refractivity contribution in [1.82, 2.24) is 10.2 Å². The van der Waals surface area contributed by atoms with Crippen LogP contribution in [0, 0.1) is 0 Å². The monoisotopic (exact) mass is 228 g/mol. The van der Waals surface area contributed by atoms with Crippen molar-refractivity contribution in [3.8, 4) is 0 Å². The zero-order chi connectivity index (χ0) is 11.3. The van der Waals surface area contributed by atoms with E-state index in [1.165, 1.54) is 12.2 Å². The van der Waals surface area contributed by atoms with Gasteiger partial charge >= 0.3 is 0 Å². The Morgan fingerprint density at radius 1 is 1.33 bits per heavy atom. The lowest BCUT2D eigenvalue weighted by Gasteiger charge is -2.12. The predicted octanol–water partition coefficient (Wildman–Crippen LogP) is -0.652. The lowest BCUT2D eigenvalue weighted by atomic mass is 10.3. The molecule has 0 fully saturated rings. The van der Waals surface area contributed by atoms with Gasteiger partial charge in [-0.3, -0.25) is 19.3 Å². The average molecular weight is 228 g/mol. The van der Waals surface area contributed by atoms with E-state index < -0.39 is 0 Å². The Morgan fingerprint density at radius 2 is 1.93 bits per heavy atom. The van der Waals surface area contributed by atoms with Crippen LogP contribution in [0.15, 0.2) is 12.2 Å². The normalized spacial score (nSPS) is 14.9. The van der Waals surface area contributed by atoms with Crippen molar-refractivity contribution in [2.45, 2.75) is 6.42 Å². The molecule has 0 unspecified atom stereocenters. The number of amides is 3.